The summed E-state index contributed by atoms with van der Waals surface area (Å²) in [6, 6.07) is -0.781. The molecule has 0 aliphatic rings. The zero-order valence-corrected chi connectivity index (χ0v) is 37.5. The predicted molar refractivity (Wildman–Crippen MR) is 240 cm³/mol. The first kappa shape index (κ1) is 54.7. The molecule has 330 valence electrons. The molecule has 3 unspecified atom stereocenters. The van der Waals surface area contributed by atoms with E-state index < -0.39 is 20.0 Å². The van der Waals surface area contributed by atoms with E-state index in [9.17, 15) is 19.4 Å². The fourth-order valence-electron chi connectivity index (χ4n) is 6.91. The molecule has 0 spiro atoms. The number of aliphatic hydroxyl groups excluding tert-OH is 1. The van der Waals surface area contributed by atoms with Crippen molar-refractivity contribution in [2.24, 2.45) is 5.73 Å². The summed E-state index contributed by atoms with van der Waals surface area (Å²) in [5.41, 5.74) is 5.39. The molecule has 9 heteroatoms. The van der Waals surface area contributed by atoms with E-state index in [4.69, 9.17) is 14.8 Å². The molecule has 0 aromatic heterocycles. The largest absolute Gasteiger partial charge is 0.472 e. The summed E-state index contributed by atoms with van der Waals surface area (Å²) in [5, 5.41) is 13.8. The topological polar surface area (TPSA) is 131 Å². The van der Waals surface area contributed by atoms with Crippen LogP contribution in [0.4, 0.5) is 0 Å². The van der Waals surface area contributed by atoms with Crippen LogP contribution in [-0.4, -0.2) is 47.8 Å². The molecule has 0 fully saturated rings. The average Bonchev–Trinajstić information content (AvgIpc) is 3.19. The van der Waals surface area contributed by atoms with E-state index in [0.717, 1.165) is 64.2 Å². The number of hydrogen-bond acceptors (Lipinski definition) is 6. The van der Waals surface area contributed by atoms with Gasteiger partial charge in [0.15, 0.2) is 0 Å². The molecule has 0 aliphatic heterocycles. The van der Waals surface area contributed by atoms with Crippen LogP contribution in [0.3, 0.4) is 0 Å². The zero-order valence-electron chi connectivity index (χ0n) is 36.6. The second-order valence-electron chi connectivity index (χ2n) is 16.0. The number of nitrogens with two attached hydrogens (primary N) is 1. The fraction of sp³-hybridized carbons (Fsp3) is 0.851. The van der Waals surface area contributed by atoms with Crippen molar-refractivity contribution in [3.63, 3.8) is 0 Å². The molecular formula is C47H91N2O6P. The standard InChI is InChI=1S/C47H91N2O6P/c1-3-5-7-9-11-13-15-17-19-21-22-23-24-25-27-29-31-33-35-37-39-41-47(51)49-45(44-55-56(52,53)54-43-42-48)46(50)40-38-36-34-32-30-28-26-20-18-16-14-12-10-8-6-4-2/h15,17,21-22,24-25,45-46,50H,3-14,16,18-20,23,26-44,48H2,1-2H3,(H,49,51)(H,52,53)/b17-15-,22-21-,25-24-. The van der Waals surface area contributed by atoms with Crippen molar-refractivity contribution in [2.75, 3.05) is 19.8 Å². The number of carbonyl (C=O) groups is 1. The zero-order chi connectivity index (χ0) is 41.1. The van der Waals surface area contributed by atoms with Gasteiger partial charge in [0.2, 0.25) is 5.91 Å². The first-order chi connectivity index (χ1) is 27.4. The van der Waals surface area contributed by atoms with Gasteiger partial charge in [-0.3, -0.25) is 13.8 Å². The highest BCUT2D eigenvalue weighted by molar-refractivity contribution is 7.47. The van der Waals surface area contributed by atoms with Crippen LogP contribution in [0.1, 0.15) is 226 Å². The van der Waals surface area contributed by atoms with Crippen LogP contribution in [0.2, 0.25) is 0 Å². The minimum atomic E-state index is -4.32. The van der Waals surface area contributed by atoms with Crippen molar-refractivity contribution in [1.82, 2.24) is 5.32 Å². The number of hydrogen-bond donors (Lipinski definition) is 4. The van der Waals surface area contributed by atoms with E-state index in [2.05, 4.69) is 55.6 Å². The lowest BCUT2D eigenvalue weighted by molar-refractivity contribution is -0.123. The highest BCUT2D eigenvalue weighted by atomic mass is 31.2. The van der Waals surface area contributed by atoms with E-state index >= 15 is 0 Å². The maximum atomic E-state index is 12.8. The number of aliphatic hydroxyl groups is 1. The fourth-order valence-corrected chi connectivity index (χ4v) is 7.67. The number of carbonyl (C=O) groups excluding carboxylic acids is 1. The van der Waals surface area contributed by atoms with Gasteiger partial charge in [0, 0.05) is 13.0 Å². The molecular weight excluding hydrogens is 719 g/mol. The maximum absolute atomic E-state index is 12.8. The SMILES string of the molecule is CCCCCCC/C=C\C/C=C\C/C=C\CCCCCCCCC(=O)NC(COP(=O)(O)OCCN)C(O)CCCCCCCCCCCCCCCCCC. The monoisotopic (exact) mass is 811 g/mol. The van der Waals surface area contributed by atoms with Gasteiger partial charge in [-0.1, -0.05) is 204 Å². The maximum Gasteiger partial charge on any atom is 0.472 e. The minimum Gasteiger partial charge on any atom is -0.391 e. The number of rotatable bonds is 44. The first-order valence-corrected chi connectivity index (χ1v) is 25.1. The smallest absolute Gasteiger partial charge is 0.391 e. The molecule has 5 N–H and O–H groups in total. The lowest BCUT2D eigenvalue weighted by atomic mass is 10.0. The molecule has 1 amide bonds. The Labute approximate surface area is 346 Å². The van der Waals surface area contributed by atoms with Gasteiger partial charge < -0.3 is 21.1 Å². The Bertz CT molecular complexity index is 974. The van der Waals surface area contributed by atoms with Crippen LogP contribution in [0.15, 0.2) is 36.5 Å². The summed E-state index contributed by atoms with van der Waals surface area (Å²) in [6.07, 6.45) is 51.5. The third-order valence-electron chi connectivity index (χ3n) is 10.5. The number of amides is 1. The molecule has 0 aromatic carbocycles. The van der Waals surface area contributed by atoms with Gasteiger partial charge in [0.05, 0.1) is 25.4 Å². The van der Waals surface area contributed by atoms with Gasteiger partial charge in [0.25, 0.3) is 0 Å². The molecule has 8 nitrogen and oxygen atoms in total. The second-order valence-corrected chi connectivity index (χ2v) is 17.4. The third kappa shape index (κ3) is 40.9. The number of phosphoric ester groups is 1. The minimum absolute atomic E-state index is 0.0860. The molecule has 0 heterocycles. The lowest BCUT2D eigenvalue weighted by Crippen LogP contribution is -2.46. The van der Waals surface area contributed by atoms with Gasteiger partial charge in [-0.2, -0.15) is 0 Å². The molecule has 3 atom stereocenters. The lowest BCUT2D eigenvalue weighted by Gasteiger charge is -2.25. The van der Waals surface area contributed by atoms with Gasteiger partial charge in [-0.25, -0.2) is 4.57 Å². The average molecular weight is 811 g/mol. The highest BCUT2D eigenvalue weighted by Crippen LogP contribution is 2.43. The molecule has 0 rings (SSSR count). The molecule has 56 heavy (non-hydrogen) atoms. The Hall–Kier alpha value is -1.28. The van der Waals surface area contributed by atoms with Crippen LogP contribution >= 0.6 is 7.82 Å². The van der Waals surface area contributed by atoms with E-state index in [1.807, 2.05) is 0 Å². The van der Waals surface area contributed by atoms with Crippen molar-refractivity contribution >= 4 is 13.7 Å². The Morgan fingerprint density at radius 3 is 1.43 bits per heavy atom. The Morgan fingerprint density at radius 1 is 0.589 bits per heavy atom. The Balaban J connectivity index is 4.14. The third-order valence-corrected chi connectivity index (χ3v) is 11.5. The molecule has 0 bridgehead atoms. The Morgan fingerprint density at radius 2 is 0.982 bits per heavy atom. The molecule has 0 saturated carbocycles. The molecule has 0 radical (unpaired) electrons. The molecule has 0 aromatic rings. The van der Waals surface area contributed by atoms with Crippen LogP contribution in [0.25, 0.3) is 0 Å². The van der Waals surface area contributed by atoms with E-state index in [1.54, 1.807) is 0 Å². The predicted octanol–water partition coefficient (Wildman–Crippen LogP) is 13.5. The van der Waals surface area contributed by atoms with Crippen molar-refractivity contribution in [3.8, 4) is 0 Å². The van der Waals surface area contributed by atoms with Gasteiger partial charge in [-0.05, 0) is 51.4 Å². The Kier molecular flexibility index (Phi) is 42.3. The summed E-state index contributed by atoms with van der Waals surface area (Å²) in [7, 11) is -4.32. The second kappa shape index (κ2) is 43.3. The molecule has 0 saturated heterocycles. The number of allylic oxidation sites excluding steroid dienone is 6. The van der Waals surface area contributed by atoms with Crippen molar-refractivity contribution in [3.05, 3.63) is 36.5 Å². The van der Waals surface area contributed by atoms with E-state index in [1.165, 1.54) is 135 Å². The molecule has 0 aliphatic carbocycles. The van der Waals surface area contributed by atoms with Crippen LogP contribution < -0.4 is 11.1 Å². The first-order valence-electron chi connectivity index (χ1n) is 23.6. The van der Waals surface area contributed by atoms with Crippen LogP contribution in [-0.2, 0) is 18.4 Å². The summed E-state index contributed by atoms with van der Waals surface area (Å²) < 4.78 is 22.2. The van der Waals surface area contributed by atoms with E-state index in [-0.39, 0.29) is 25.7 Å². The quantitative estimate of drug-likeness (QED) is 0.0274. The van der Waals surface area contributed by atoms with Crippen molar-refractivity contribution in [1.29, 1.82) is 0 Å². The highest BCUT2D eigenvalue weighted by Gasteiger charge is 2.27. The van der Waals surface area contributed by atoms with E-state index in [0.29, 0.717) is 12.8 Å². The van der Waals surface area contributed by atoms with Gasteiger partial charge in [0.1, 0.15) is 0 Å². The summed E-state index contributed by atoms with van der Waals surface area (Å²) in [6.45, 7) is 4.20. The summed E-state index contributed by atoms with van der Waals surface area (Å²) >= 11 is 0. The number of unbranched alkanes of at least 4 members (excludes halogenated alkanes) is 26. The number of nitrogens with one attached hydrogen (secondary N) is 1. The van der Waals surface area contributed by atoms with Crippen LogP contribution in [0, 0.1) is 0 Å². The summed E-state index contributed by atoms with van der Waals surface area (Å²) in [5.74, 6) is -0.173. The normalized spacial score (nSPS) is 14.3. The van der Waals surface area contributed by atoms with Crippen molar-refractivity contribution in [2.45, 2.75) is 238 Å². The van der Waals surface area contributed by atoms with Crippen molar-refractivity contribution < 1.29 is 28.4 Å². The van der Waals surface area contributed by atoms with Gasteiger partial charge in [-0.15, -0.1) is 0 Å². The van der Waals surface area contributed by atoms with Crippen LogP contribution in [0.5, 0.6) is 0 Å². The number of phosphoric acid groups is 1. The van der Waals surface area contributed by atoms with Gasteiger partial charge >= 0.3 is 7.82 Å². The summed E-state index contributed by atoms with van der Waals surface area (Å²) in [4.78, 5) is 22.8.